The second-order valence-corrected chi connectivity index (χ2v) is 4.44. The molecule has 0 saturated heterocycles. The van der Waals surface area contributed by atoms with Crippen LogP contribution in [0.25, 0.3) is 0 Å². The van der Waals surface area contributed by atoms with E-state index in [-0.39, 0.29) is 11.3 Å². The van der Waals surface area contributed by atoms with E-state index in [4.69, 9.17) is 5.26 Å². The molecule has 0 atom stereocenters. The molecule has 0 aromatic rings. The third kappa shape index (κ3) is 1.46. The van der Waals surface area contributed by atoms with Crippen molar-refractivity contribution >= 4 is 0 Å². The highest BCUT2D eigenvalue weighted by Gasteiger charge is 2.49. The second-order valence-electron chi connectivity index (χ2n) is 4.44. The van der Waals surface area contributed by atoms with Gasteiger partial charge in [0.1, 0.15) is 5.67 Å². The summed E-state index contributed by atoms with van der Waals surface area (Å²) < 4.78 is 13.4. The highest BCUT2D eigenvalue weighted by atomic mass is 19.1. The van der Waals surface area contributed by atoms with E-state index in [9.17, 15) is 4.39 Å². The van der Waals surface area contributed by atoms with Crippen molar-refractivity contribution in [3.63, 3.8) is 0 Å². The van der Waals surface area contributed by atoms with E-state index >= 15 is 0 Å². The van der Waals surface area contributed by atoms with Crippen LogP contribution in [0.15, 0.2) is 0 Å². The van der Waals surface area contributed by atoms with Crippen molar-refractivity contribution in [3.05, 3.63) is 0 Å². The molecule has 1 fully saturated rings. The Kier molecular flexibility index (Phi) is 2.16. The minimum atomic E-state index is -0.960. The number of rotatable bonds is 2. The fourth-order valence-corrected chi connectivity index (χ4v) is 1.71. The first-order chi connectivity index (χ1) is 5.43. The molecule has 0 heterocycles. The smallest absolute Gasteiger partial charge is 0.111 e. The fourth-order valence-electron chi connectivity index (χ4n) is 1.71. The lowest BCUT2D eigenvalue weighted by molar-refractivity contribution is -0.0341. The average Bonchev–Trinajstić information content (AvgIpc) is 1.98. The van der Waals surface area contributed by atoms with Crippen molar-refractivity contribution in [1.82, 2.24) is 0 Å². The summed E-state index contributed by atoms with van der Waals surface area (Å²) in [5.41, 5.74) is -1.30. The zero-order valence-corrected chi connectivity index (χ0v) is 8.02. The predicted octanol–water partition coefficient (Wildman–Crippen LogP) is 3.06. The van der Waals surface area contributed by atoms with Crippen LogP contribution < -0.4 is 0 Å². The molecule has 0 N–H and O–H groups in total. The van der Waals surface area contributed by atoms with Gasteiger partial charge in [0, 0.05) is 0 Å². The maximum Gasteiger partial charge on any atom is 0.111 e. The molecule has 0 amide bonds. The van der Waals surface area contributed by atoms with Crippen molar-refractivity contribution in [3.8, 4) is 6.07 Å². The molecule has 2 heteroatoms. The molecule has 0 aliphatic heterocycles. The molecule has 0 spiro atoms. The summed E-state index contributed by atoms with van der Waals surface area (Å²) in [5.74, 6) is 0.257. The number of nitriles is 1. The van der Waals surface area contributed by atoms with Gasteiger partial charge in [0.15, 0.2) is 0 Å². The quantitative estimate of drug-likeness (QED) is 0.623. The number of hydrogen-bond donors (Lipinski definition) is 0. The Morgan fingerprint density at radius 3 is 2.42 bits per heavy atom. The van der Waals surface area contributed by atoms with Crippen LogP contribution in [0.2, 0.25) is 0 Å². The van der Waals surface area contributed by atoms with Gasteiger partial charge in [-0.05, 0) is 39.0 Å². The topological polar surface area (TPSA) is 23.8 Å². The normalized spacial score (nSPS) is 35.4. The monoisotopic (exact) mass is 169 g/mol. The number of alkyl halides is 1. The Labute approximate surface area is 73.6 Å². The molecular weight excluding hydrogens is 153 g/mol. The summed E-state index contributed by atoms with van der Waals surface area (Å²) in [6, 6.07) is 2.24. The van der Waals surface area contributed by atoms with Gasteiger partial charge in [0.25, 0.3) is 0 Å². The molecule has 0 aromatic heterocycles. The van der Waals surface area contributed by atoms with Gasteiger partial charge in [0.05, 0.1) is 11.5 Å². The van der Waals surface area contributed by atoms with Crippen molar-refractivity contribution in [2.24, 2.45) is 11.3 Å². The van der Waals surface area contributed by atoms with Crippen LogP contribution >= 0.6 is 0 Å². The zero-order valence-electron chi connectivity index (χ0n) is 8.02. The highest BCUT2D eigenvalue weighted by molar-refractivity contribution is 5.06. The third-order valence-electron chi connectivity index (χ3n) is 3.17. The van der Waals surface area contributed by atoms with Gasteiger partial charge in [-0.25, -0.2) is 4.39 Å². The van der Waals surface area contributed by atoms with Crippen molar-refractivity contribution < 1.29 is 4.39 Å². The fraction of sp³-hybridized carbons (Fsp3) is 0.900. The van der Waals surface area contributed by atoms with Crippen molar-refractivity contribution in [2.45, 2.75) is 45.7 Å². The number of halogens is 1. The Bertz CT molecular complexity index is 208. The molecule has 1 rings (SSSR count). The standard InChI is InChI=1S/C10H16FN/c1-4-10(11)5-8(6-10)9(2,3)7-12/h8H,4-6H2,1-3H3. The van der Waals surface area contributed by atoms with Crippen LogP contribution in [0.3, 0.4) is 0 Å². The van der Waals surface area contributed by atoms with Gasteiger partial charge in [-0.15, -0.1) is 0 Å². The van der Waals surface area contributed by atoms with Gasteiger partial charge < -0.3 is 0 Å². The molecule has 0 aromatic carbocycles. The predicted molar refractivity (Wildman–Crippen MR) is 46.2 cm³/mol. The lowest BCUT2D eigenvalue weighted by Gasteiger charge is -2.46. The lowest BCUT2D eigenvalue weighted by atomic mass is 9.60. The minimum absolute atomic E-state index is 0.257. The molecule has 68 valence electrons. The third-order valence-corrected chi connectivity index (χ3v) is 3.17. The van der Waals surface area contributed by atoms with Crippen LogP contribution in [-0.2, 0) is 0 Å². The van der Waals surface area contributed by atoms with E-state index < -0.39 is 5.67 Å². The Hall–Kier alpha value is -0.580. The molecule has 1 nitrogen and oxygen atoms in total. The summed E-state index contributed by atoms with van der Waals surface area (Å²) in [6.07, 6.45) is 1.74. The Morgan fingerprint density at radius 1 is 1.58 bits per heavy atom. The maximum atomic E-state index is 13.4. The van der Waals surface area contributed by atoms with Crippen LogP contribution in [-0.4, -0.2) is 5.67 Å². The van der Waals surface area contributed by atoms with Crippen LogP contribution in [0, 0.1) is 22.7 Å². The molecule has 0 radical (unpaired) electrons. The summed E-state index contributed by atoms with van der Waals surface area (Å²) in [5, 5.41) is 8.80. The summed E-state index contributed by atoms with van der Waals surface area (Å²) >= 11 is 0. The van der Waals surface area contributed by atoms with Gasteiger partial charge in [-0.3, -0.25) is 0 Å². The molecule has 1 aliphatic carbocycles. The number of nitrogens with zero attached hydrogens (tertiary/aromatic N) is 1. The van der Waals surface area contributed by atoms with Gasteiger partial charge in [-0.2, -0.15) is 5.26 Å². The molecule has 1 aliphatic rings. The average molecular weight is 169 g/mol. The molecule has 0 bridgehead atoms. The van der Waals surface area contributed by atoms with E-state index in [1.807, 2.05) is 20.8 Å². The number of hydrogen-bond acceptors (Lipinski definition) is 1. The first-order valence-electron chi connectivity index (χ1n) is 4.54. The van der Waals surface area contributed by atoms with E-state index in [0.717, 1.165) is 0 Å². The molecule has 1 saturated carbocycles. The first-order valence-corrected chi connectivity index (χ1v) is 4.54. The van der Waals surface area contributed by atoms with Crippen LogP contribution in [0.1, 0.15) is 40.0 Å². The largest absolute Gasteiger partial charge is 0.244 e. The second kappa shape index (κ2) is 2.73. The highest BCUT2D eigenvalue weighted by Crippen LogP contribution is 2.51. The van der Waals surface area contributed by atoms with Crippen molar-refractivity contribution in [1.29, 1.82) is 5.26 Å². The van der Waals surface area contributed by atoms with Gasteiger partial charge >= 0.3 is 0 Å². The van der Waals surface area contributed by atoms with Crippen molar-refractivity contribution in [2.75, 3.05) is 0 Å². The summed E-state index contributed by atoms with van der Waals surface area (Å²) in [7, 11) is 0. The van der Waals surface area contributed by atoms with Gasteiger partial charge in [-0.1, -0.05) is 6.92 Å². The Morgan fingerprint density at radius 2 is 2.08 bits per heavy atom. The van der Waals surface area contributed by atoms with E-state index in [1.54, 1.807) is 0 Å². The van der Waals surface area contributed by atoms with E-state index in [2.05, 4.69) is 6.07 Å². The molecule has 12 heavy (non-hydrogen) atoms. The maximum absolute atomic E-state index is 13.4. The van der Waals surface area contributed by atoms with Crippen LogP contribution in [0.4, 0.5) is 4.39 Å². The SMILES string of the molecule is CCC1(F)CC(C(C)(C)C#N)C1. The lowest BCUT2D eigenvalue weighted by Crippen LogP contribution is -2.45. The van der Waals surface area contributed by atoms with Gasteiger partial charge in [0.2, 0.25) is 0 Å². The van der Waals surface area contributed by atoms with E-state index in [0.29, 0.717) is 19.3 Å². The van der Waals surface area contributed by atoms with E-state index in [1.165, 1.54) is 0 Å². The molecule has 0 unspecified atom stereocenters. The van der Waals surface area contributed by atoms with Crippen LogP contribution in [0.5, 0.6) is 0 Å². The Balaban J connectivity index is 2.51. The molecular formula is C10H16FN. The first kappa shape index (κ1) is 9.51. The summed E-state index contributed by atoms with van der Waals surface area (Å²) in [6.45, 7) is 5.66. The summed E-state index contributed by atoms with van der Waals surface area (Å²) in [4.78, 5) is 0. The minimum Gasteiger partial charge on any atom is -0.244 e. The zero-order chi connectivity index (χ0) is 9.41.